The first-order valence-electron chi connectivity index (χ1n) is 10.6. The molecule has 9 nitrogen and oxygen atoms in total. The zero-order valence-corrected chi connectivity index (χ0v) is 20.1. The highest BCUT2D eigenvalue weighted by atomic mass is 32.2. The van der Waals surface area contributed by atoms with Gasteiger partial charge in [-0.2, -0.15) is 4.31 Å². The van der Waals surface area contributed by atoms with Crippen LogP contribution in [0, 0.1) is 0 Å². The molecule has 0 aliphatic rings. The number of hydrogen-bond donors (Lipinski definition) is 1. The van der Waals surface area contributed by atoms with Crippen LogP contribution >= 0.6 is 0 Å². The molecule has 3 aromatic rings. The van der Waals surface area contributed by atoms with Crippen molar-refractivity contribution in [1.29, 1.82) is 0 Å². The fourth-order valence-electron chi connectivity index (χ4n) is 3.23. The zero-order valence-electron chi connectivity index (χ0n) is 19.3. The number of methoxy groups -OCH3 is 2. The molecule has 1 aromatic heterocycles. The molecular weight excluding hydrogens is 460 g/mol. The molecule has 0 saturated heterocycles. The van der Waals surface area contributed by atoms with Crippen LogP contribution < -0.4 is 19.5 Å². The maximum Gasteiger partial charge on any atom is 0.243 e. The number of amides is 1. The van der Waals surface area contributed by atoms with Crippen LogP contribution in [0.5, 0.6) is 17.2 Å². The van der Waals surface area contributed by atoms with Gasteiger partial charge >= 0.3 is 0 Å². The van der Waals surface area contributed by atoms with E-state index in [0.29, 0.717) is 29.6 Å². The molecule has 0 bridgehead atoms. The van der Waals surface area contributed by atoms with Crippen molar-refractivity contribution in [3.05, 3.63) is 72.2 Å². The number of rotatable bonds is 12. The molecule has 0 unspecified atom stereocenters. The fraction of sp³-hybridized carbons (Fsp3) is 0.292. The summed E-state index contributed by atoms with van der Waals surface area (Å²) in [6.07, 6.45) is 1.45. The summed E-state index contributed by atoms with van der Waals surface area (Å²) in [6.45, 7) is 2.03. The molecule has 3 rings (SSSR count). The minimum absolute atomic E-state index is 0.0511. The van der Waals surface area contributed by atoms with Gasteiger partial charge in [0, 0.05) is 6.54 Å². The summed E-state index contributed by atoms with van der Waals surface area (Å²) in [4.78, 5) is 12.8. The van der Waals surface area contributed by atoms with Crippen molar-refractivity contribution < 1.29 is 31.8 Å². The van der Waals surface area contributed by atoms with Crippen molar-refractivity contribution in [1.82, 2.24) is 9.62 Å². The highest BCUT2D eigenvalue weighted by molar-refractivity contribution is 7.89. The predicted octanol–water partition coefficient (Wildman–Crippen LogP) is 3.20. The third-order valence-electron chi connectivity index (χ3n) is 4.94. The number of hydrogen-bond acceptors (Lipinski definition) is 7. The van der Waals surface area contributed by atoms with Gasteiger partial charge in [-0.15, -0.1) is 0 Å². The highest BCUT2D eigenvalue weighted by Gasteiger charge is 2.28. The number of sulfonamides is 1. The van der Waals surface area contributed by atoms with Gasteiger partial charge in [0.25, 0.3) is 0 Å². The third-order valence-corrected chi connectivity index (χ3v) is 6.75. The smallest absolute Gasteiger partial charge is 0.243 e. The van der Waals surface area contributed by atoms with E-state index >= 15 is 0 Å². The van der Waals surface area contributed by atoms with E-state index in [1.165, 1.54) is 32.6 Å². The zero-order chi connectivity index (χ0) is 24.6. The Bertz CT molecular complexity index is 1180. The van der Waals surface area contributed by atoms with Crippen molar-refractivity contribution in [2.24, 2.45) is 0 Å². The van der Waals surface area contributed by atoms with Gasteiger partial charge in [-0.05, 0) is 61.0 Å². The maximum atomic E-state index is 13.3. The molecule has 1 heterocycles. The molecule has 0 saturated carbocycles. The Morgan fingerprint density at radius 1 is 1.03 bits per heavy atom. The fourth-order valence-corrected chi connectivity index (χ4v) is 4.60. The topological polar surface area (TPSA) is 107 Å². The third kappa shape index (κ3) is 6.30. The van der Waals surface area contributed by atoms with Crippen LogP contribution in [-0.2, 0) is 27.9 Å². The molecule has 10 heteroatoms. The Morgan fingerprint density at radius 2 is 1.76 bits per heavy atom. The molecule has 0 radical (unpaired) electrons. The minimum Gasteiger partial charge on any atom is -0.494 e. The lowest BCUT2D eigenvalue weighted by atomic mass is 10.2. The lowest BCUT2D eigenvalue weighted by Gasteiger charge is -2.21. The van der Waals surface area contributed by atoms with Gasteiger partial charge in [0.2, 0.25) is 15.9 Å². The molecule has 0 aliphatic carbocycles. The number of carbonyl (C=O) groups excluding carboxylic acids is 1. The monoisotopic (exact) mass is 488 g/mol. The Hall–Kier alpha value is -3.50. The number of carbonyl (C=O) groups is 1. The van der Waals surface area contributed by atoms with E-state index in [1.54, 1.807) is 42.5 Å². The number of ether oxygens (including phenoxy) is 3. The van der Waals surface area contributed by atoms with Gasteiger partial charge in [-0.25, -0.2) is 8.42 Å². The molecule has 0 spiro atoms. The van der Waals surface area contributed by atoms with Crippen molar-refractivity contribution >= 4 is 15.9 Å². The lowest BCUT2D eigenvalue weighted by Crippen LogP contribution is -2.40. The quantitative estimate of drug-likeness (QED) is 0.417. The number of furan rings is 1. The van der Waals surface area contributed by atoms with Gasteiger partial charge < -0.3 is 23.9 Å². The molecule has 0 aliphatic heterocycles. The van der Waals surface area contributed by atoms with E-state index < -0.39 is 15.9 Å². The van der Waals surface area contributed by atoms with Crippen molar-refractivity contribution in [3.8, 4) is 17.2 Å². The lowest BCUT2D eigenvalue weighted by molar-refractivity contribution is -0.121. The predicted molar refractivity (Wildman–Crippen MR) is 125 cm³/mol. The van der Waals surface area contributed by atoms with Gasteiger partial charge in [0.15, 0.2) is 11.5 Å². The van der Waals surface area contributed by atoms with Gasteiger partial charge in [0.1, 0.15) is 11.5 Å². The molecule has 2 aromatic carbocycles. The summed E-state index contributed by atoms with van der Waals surface area (Å²) in [5.74, 6) is 1.63. The van der Waals surface area contributed by atoms with E-state index in [-0.39, 0.29) is 24.5 Å². The summed E-state index contributed by atoms with van der Waals surface area (Å²) in [5.41, 5.74) is 0.776. The van der Waals surface area contributed by atoms with Gasteiger partial charge in [0.05, 0.1) is 45.1 Å². The SMILES string of the molecule is CCOc1ccc(S(=O)(=O)N(CC(=O)NCc2ccc(OC)c(OC)c2)Cc2ccco2)cc1. The summed E-state index contributed by atoms with van der Waals surface area (Å²) >= 11 is 0. The Labute approximate surface area is 199 Å². The molecular formula is C24H28N2O7S. The summed E-state index contributed by atoms with van der Waals surface area (Å²) < 4.78 is 48.9. The molecule has 1 amide bonds. The number of nitrogens with zero attached hydrogens (tertiary/aromatic N) is 1. The van der Waals surface area contributed by atoms with Crippen LogP contribution in [0.25, 0.3) is 0 Å². The first kappa shape index (κ1) is 25.1. The molecule has 0 fully saturated rings. The van der Waals surface area contributed by atoms with Crippen LogP contribution in [0.3, 0.4) is 0 Å². The first-order valence-corrected chi connectivity index (χ1v) is 12.0. The second kappa shape index (κ2) is 11.6. The first-order chi connectivity index (χ1) is 16.4. The Balaban J connectivity index is 1.74. The maximum absolute atomic E-state index is 13.3. The number of nitrogens with one attached hydrogen (secondary N) is 1. The van der Waals surface area contributed by atoms with Crippen molar-refractivity contribution in [2.45, 2.75) is 24.9 Å². The molecule has 34 heavy (non-hydrogen) atoms. The summed E-state index contributed by atoms with van der Waals surface area (Å²) in [6, 6.07) is 14.7. The van der Waals surface area contributed by atoms with Crippen LogP contribution in [0.4, 0.5) is 0 Å². The molecule has 182 valence electrons. The molecule has 1 N–H and O–H groups in total. The van der Waals surface area contributed by atoms with Crippen LogP contribution in [-0.4, -0.2) is 46.0 Å². The standard InChI is InChI=1S/C24H28N2O7S/c1-4-32-19-8-10-21(11-9-19)34(28,29)26(16-20-6-5-13-33-20)17-24(27)25-15-18-7-12-22(30-2)23(14-18)31-3/h5-14H,4,15-17H2,1-3H3,(H,25,27). The average molecular weight is 489 g/mol. The van der Waals surface area contributed by atoms with Crippen LogP contribution in [0.15, 0.2) is 70.2 Å². The minimum atomic E-state index is -3.99. The normalized spacial score (nSPS) is 11.3. The second-order valence-electron chi connectivity index (χ2n) is 7.22. The van der Waals surface area contributed by atoms with E-state index in [1.807, 2.05) is 6.92 Å². The van der Waals surface area contributed by atoms with Crippen molar-refractivity contribution in [3.63, 3.8) is 0 Å². The molecule has 0 atom stereocenters. The van der Waals surface area contributed by atoms with E-state index in [9.17, 15) is 13.2 Å². The number of benzene rings is 2. The second-order valence-corrected chi connectivity index (χ2v) is 9.16. The average Bonchev–Trinajstić information content (AvgIpc) is 3.36. The summed E-state index contributed by atoms with van der Waals surface area (Å²) in [5, 5.41) is 2.76. The van der Waals surface area contributed by atoms with Crippen LogP contribution in [0.2, 0.25) is 0 Å². The largest absolute Gasteiger partial charge is 0.494 e. The van der Waals surface area contributed by atoms with Crippen LogP contribution in [0.1, 0.15) is 18.2 Å². The van der Waals surface area contributed by atoms with Gasteiger partial charge in [-0.3, -0.25) is 4.79 Å². The van der Waals surface area contributed by atoms with E-state index in [0.717, 1.165) is 9.87 Å². The highest BCUT2D eigenvalue weighted by Crippen LogP contribution is 2.27. The Morgan fingerprint density at radius 3 is 2.38 bits per heavy atom. The Kier molecular flexibility index (Phi) is 8.55. The van der Waals surface area contributed by atoms with Gasteiger partial charge in [-0.1, -0.05) is 6.07 Å². The van der Waals surface area contributed by atoms with Crippen molar-refractivity contribution in [2.75, 3.05) is 27.4 Å². The van der Waals surface area contributed by atoms with E-state index in [4.69, 9.17) is 18.6 Å². The summed E-state index contributed by atoms with van der Waals surface area (Å²) in [7, 11) is -0.920. The van der Waals surface area contributed by atoms with E-state index in [2.05, 4.69) is 5.32 Å².